The van der Waals surface area contributed by atoms with Crippen molar-refractivity contribution in [3.8, 4) is 16.3 Å². The Hall–Kier alpha value is -2.77. The molecule has 1 aliphatic carbocycles. The molecule has 0 aliphatic heterocycles. The van der Waals surface area contributed by atoms with Gasteiger partial charge in [-0.2, -0.15) is 0 Å². The van der Waals surface area contributed by atoms with Crippen LogP contribution in [0.2, 0.25) is 0 Å². The maximum absolute atomic E-state index is 14.2. The van der Waals surface area contributed by atoms with Gasteiger partial charge in [0.2, 0.25) is 0 Å². The molecule has 1 heterocycles. The Kier molecular flexibility index (Phi) is 4.64. The molecule has 0 fully saturated rings. The molecule has 2 N–H and O–H groups in total. The largest absolute Gasteiger partial charge is 0.497 e. The average Bonchev–Trinajstić information content (AvgIpc) is 3.26. The third-order valence-corrected chi connectivity index (χ3v) is 6.51. The van der Waals surface area contributed by atoms with E-state index in [2.05, 4.69) is 0 Å². The van der Waals surface area contributed by atoms with Crippen LogP contribution in [0.4, 0.5) is 4.39 Å². The first kappa shape index (κ1) is 18.6. The number of methoxy groups -OCH3 is 1. The Labute approximate surface area is 165 Å². The second kappa shape index (κ2) is 7.00. The smallest absolute Gasteiger partial charge is 0.254 e. The van der Waals surface area contributed by atoms with Crippen LogP contribution in [0.25, 0.3) is 10.6 Å². The zero-order valence-electron chi connectivity index (χ0n) is 15.5. The van der Waals surface area contributed by atoms with Crippen LogP contribution in [0.3, 0.4) is 0 Å². The van der Waals surface area contributed by atoms with E-state index in [1.165, 1.54) is 17.4 Å². The minimum absolute atomic E-state index is 0.311. The normalized spacial score (nSPS) is 18.0. The van der Waals surface area contributed by atoms with Gasteiger partial charge in [0, 0.05) is 23.3 Å². The molecule has 5 nitrogen and oxygen atoms in total. The number of thiazole rings is 1. The third kappa shape index (κ3) is 2.87. The van der Waals surface area contributed by atoms with Crippen molar-refractivity contribution in [2.75, 3.05) is 7.11 Å². The maximum atomic E-state index is 14.2. The lowest BCUT2D eigenvalue weighted by atomic mass is 9.75. The second-order valence-electron chi connectivity index (χ2n) is 6.91. The SMILES string of the molecule is COc1ccc(-c2nc3c(s2)C[C@@](C(=O)NO)(c2cccc(F)c2C)C3)cc1. The lowest BCUT2D eigenvalue weighted by molar-refractivity contribution is -0.135. The van der Waals surface area contributed by atoms with Crippen LogP contribution in [0.5, 0.6) is 5.75 Å². The summed E-state index contributed by atoms with van der Waals surface area (Å²) in [4.78, 5) is 18.4. The van der Waals surface area contributed by atoms with E-state index in [9.17, 15) is 14.4 Å². The van der Waals surface area contributed by atoms with Crippen LogP contribution in [0.15, 0.2) is 42.5 Å². The number of halogens is 1. The Morgan fingerprint density at radius 2 is 2.00 bits per heavy atom. The minimum atomic E-state index is -1.06. The van der Waals surface area contributed by atoms with Crippen molar-refractivity contribution in [3.05, 3.63) is 70.0 Å². The van der Waals surface area contributed by atoms with Crippen molar-refractivity contribution in [2.24, 2.45) is 0 Å². The van der Waals surface area contributed by atoms with E-state index in [0.717, 1.165) is 26.9 Å². The van der Waals surface area contributed by atoms with Crippen molar-refractivity contribution in [1.29, 1.82) is 0 Å². The van der Waals surface area contributed by atoms with Crippen LogP contribution in [-0.4, -0.2) is 23.2 Å². The van der Waals surface area contributed by atoms with Gasteiger partial charge in [-0.3, -0.25) is 10.0 Å². The molecule has 1 amide bonds. The number of nitrogens with one attached hydrogen (secondary N) is 1. The molecule has 0 unspecified atom stereocenters. The summed E-state index contributed by atoms with van der Waals surface area (Å²) in [6.45, 7) is 1.65. The van der Waals surface area contributed by atoms with Crippen LogP contribution in [0.1, 0.15) is 21.7 Å². The van der Waals surface area contributed by atoms with Crippen LogP contribution < -0.4 is 10.2 Å². The molecule has 0 saturated heterocycles. The van der Waals surface area contributed by atoms with Gasteiger partial charge in [0.1, 0.15) is 16.6 Å². The number of hydroxylamine groups is 1. The van der Waals surface area contributed by atoms with Crippen LogP contribution in [0, 0.1) is 12.7 Å². The lowest BCUT2D eigenvalue weighted by Crippen LogP contribution is -2.44. The van der Waals surface area contributed by atoms with Gasteiger partial charge in [0.15, 0.2) is 0 Å². The lowest BCUT2D eigenvalue weighted by Gasteiger charge is -2.28. The Balaban J connectivity index is 1.72. The van der Waals surface area contributed by atoms with Crippen molar-refractivity contribution < 1.29 is 19.1 Å². The third-order valence-electron chi connectivity index (χ3n) is 5.37. The van der Waals surface area contributed by atoms with Gasteiger partial charge in [0.05, 0.1) is 18.2 Å². The number of rotatable bonds is 4. The summed E-state index contributed by atoms with van der Waals surface area (Å²) < 4.78 is 19.3. The van der Waals surface area contributed by atoms with Crippen molar-refractivity contribution in [3.63, 3.8) is 0 Å². The van der Waals surface area contributed by atoms with E-state index >= 15 is 0 Å². The highest BCUT2D eigenvalue weighted by molar-refractivity contribution is 7.15. The van der Waals surface area contributed by atoms with Gasteiger partial charge in [-0.15, -0.1) is 11.3 Å². The Bertz CT molecular complexity index is 1020. The summed E-state index contributed by atoms with van der Waals surface area (Å²) in [6, 6.07) is 12.3. The van der Waals surface area contributed by atoms with Crippen molar-refractivity contribution in [1.82, 2.24) is 10.5 Å². The molecule has 0 bridgehead atoms. The van der Waals surface area contributed by atoms with Gasteiger partial charge in [-0.25, -0.2) is 14.9 Å². The number of aromatic nitrogens is 1. The second-order valence-corrected chi connectivity index (χ2v) is 7.99. The van der Waals surface area contributed by atoms with Crippen molar-refractivity contribution >= 4 is 17.2 Å². The Morgan fingerprint density at radius 1 is 1.25 bits per heavy atom. The van der Waals surface area contributed by atoms with E-state index in [1.807, 2.05) is 24.3 Å². The number of hydrogen-bond acceptors (Lipinski definition) is 5. The number of nitrogens with zero attached hydrogens (tertiary/aromatic N) is 1. The fraction of sp³-hybridized carbons (Fsp3) is 0.238. The predicted octanol–water partition coefficient (Wildman–Crippen LogP) is 3.81. The molecule has 0 spiro atoms. The topological polar surface area (TPSA) is 71.5 Å². The molecule has 2 aromatic carbocycles. The van der Waals surface area contributed by atoms with Gasteiger partial charge in [-0.1, -0.05) is 12.1 Å². The monoisotopic (exact) mass is 398 g/mol. The summed E-state index contributed by atoms with van der Waals surface area (Å²) in [5, 5.41) is 10.2. The predicted molar refractivity (Wildman–Crippen MR) is 104 cm³/mol. The number of hydrogen-bond donors (Lipinski definition) is 2. The first-order valence-electron chi connectivity index (χ1n) is 8.81. The number of ether oxygens (including phenoxy) is 1. The van der Waals surface area contributed by atoms with E-state index in [1.54, 1.807) is 31.6 Å². The minimum Gasteiger partial charge on any atom is -0.497 e. The summed E-state index contributed by atoms with van der Waals surface area (Å²) in [5.41, 5.74) is 3.49. The molecular formula is C21H19FN2O3S. The maximum Gasteiger partial charge on any atom is 0.254 e. The van der Waals surface area contributed by atoms with E-state index in [0.29, 0.717) is 24.0 Å². The number of amides is 1. The highest BCUT2D eigenvalue weighted by atomic mass is 32.1. The summed E-state index contributed by atoms with van der Waals surface area (Å²) in [5.74, 6) is -0.143. The van der Waals surface area contributed by atoms with Crippen molar-refractivity contribution in [2.45, 2.75) is 25.2 Å². The number of fused-ring (bicyclic) bond motifs is 1. The quantitative estimate of drug-likeness (QED) is 0.518. The fourth-order valence-corrected chi connectivity index (χ4v) is 5.04. The van der Waals surface area contributed by atoms with Crippen LogP contribution in [-0.2, 0) is 23.1 Å². The molecule has 3 aromatic rings. The zero-order valence-corrected chi connectivity index (χ0v) is 16.3. The highest BCUT2D eigenvalue weighted by Crippen LogP contribution is 2.45. The molecule has 0 radical (unpaired) electrons. The molecule has 1 aliphatic rings. The summed E-state index contributed by atoms with van der Waals surface area (Å²) in [7, 11) is 1.62. The molecule has 0 saturated carbocycles. The zero-order chi connectivity index (χ0) is 19.9. The average molecular weight is 398 g/mol. The molecular weight excluding hydrogens is 379 g/mol. The number of benzene rings is 2. The highest BCUT2D eigenvalue weighted by Gasteiger charge is 2.48. The first-order valence-corrected chi connectivity index (χ1v) is 9.63. The van der Waals surface area contributed by atoms with Gasteiger partial charge in [0.25, 0.3) is 5.91 Å². The summed E-state index contributed by atoms with van der Waals surface area (Å²) in [6.07, 6.45) is 0.679. The van der Waals surface area contributed by atoms with E-state index in [-0.39, 0.29) is 5.82 Å². The van der Waals surface area contributed by atoms with Gasteiger partial charge < -0.3 is 4.74 Å². The molecule has 28 heavy (non-hydrogen) atoms. The first-order chi connectivity index (χ1) is 13.5. The number of carbonyl (C=O) groups is 1. The van der Waals surface area contributed by atoms with Gasteiger partial charge in [-0.05, 0) is 48.4 Å². The summed E-state index contributed by atoms with van der Waals surface area (Å²) >= 11 is 1.52. The van der Waals surface area contributed by atoms with Gasteiger partial charge >= 0.3 is 0 Å². The van der Waals surface area contributed by atoms with E-state index < -0.39 is 11.3 Å². The molecule has 1 aromatic heterocycles. The van der Waals surface area contributed by atoms with E-state index in [4.69, 9.17) is 9.72 Å². The fourth-order valence-electron chi connectivity index (χ4n) is 3.85. The number of carbonyl (C=O) groups excluding carboxylic acids is 1. The standard InChI is InChI=1S/C21H19FN2O3S/c1-12-15(4-3-5-16(12)22)21(20(25)24-26)10-17-18(11-21)28-19(23-17)13-6-8-14(27-2)9-7-13/h3-9,26H,10-11H2,1-2H3,(H,24,25)/t21-/m1/s1. The molecule has 1 atom stereocenters. The molecule has 7 heteroatoms. The van der Waals surface area contributed by atoms with Crippen LogP contribution >= 0.6 is 11.3 Å². The Morgan fingerprint density at radius 3 is 2.64 bits per heavy atom. The molecule has 4 rings (SSSR count). The molecule has 144 valence electrons.